The number of aromatic amines is 1. The van der Waals surface area contributed by atoms with Gasteiger partial charge in [0.2, 0.25) is 0 Å². The van der Waals surface area contributed by atoms with Crippen molar-refractivity contribution in [1.29, 1.82) is 0 Å². The number of methoxy groups -OCH3 is 2. The molecule has 0 aliphatic carbocycles. The van der Waals surface area contributed by atoms with Gasteiger partial charge in [-0.3, -0.25) is 14.6 Å². The zero-order chi connectivity index (χ0) is 13.8. The molecule has 0 saturated heterocycles. The minimum Gasteiger partial charge on any atom is -0.497 e. The fourth-order valence-electron chi connectivity index (χ4n) is 1.74. The third-order valence-electron chi connectivity index (χ3n) is 2.70. The Kier molecular flexibility index (Phi) is 3.70. The van der Waals surface area contributed by atoms with Gasteiger partial charge in [-0.15, -0.1) is 0 Å². The van der Waals surface area contributed by atoms with Crippen molar-refractivity contribution in [2.75, 3.05) is 14.2 Å². The molecule has 0 saturated carbocycles. The molecule has 0 atom stereocenters. The number of hydrogen-bond acceptors (Lipinski definition) is 4. The summed E-state index contributed by atoms with van der Waals surface area (Å²) >= 11 is 0. The van der Waals surface area contributed by atoms with Gasteiger partial charge in [-0.2, -0.15) is 0 Å². The summed E-state index contributed by atoms with van der Waals surface area (Å²) in [5.74, 6) is 0.199. The van der Waals surface area contributed by atoms with Crippen LogP contribution in [0.25, 0.3) is 0 Å². The summed E-state index contributed by atoms with van der Waals surface area (Å²) in [4.78, 5) is 22.8. The van der Waals surface area contributed by atoms with E-state index >= 15 is 0 Å². The highest BCUT2D eigenvalue weighted by Gasteiger charge is 2.13. The quantitative estimate of drug-likeness (QED) is 0.835. The maximum atomic E-state index is 11.5. The Hall–Kier alpha value is -2.50. The monoisotopic (exact) mass is 262 g/mol. The molecular weight excluding hydrogens is 248 g/mol. The number of carbonyl (C=O) groups excluding carboxylic acids is 1. The fraction of sp³-hybridized carbons (Fsp3) is 0.231. The standard InChI is InChI=1S/C13H14N2O4/c1-18-10-5-3-9(4-6-10)8-15-11(13(17)19-2)7-12(16)14-15/h3-7H,8H2,1-2H3,(H,14,16). The van der Waals surface area contributed by atoms with Crippen LogP contribution in [0.5, 0.6) is 5.75 Å². The van der Waals surface area contributed by atoms with Crippen molar-refractivity contribution in [1.82, 2.24) is 9.78 Å². The molecule has 0 spiro atoms. The van der Waals surface area contributed by atoms with E-state index < -0.39 is 5.97 Å². The summed E-state index contributed by atoms with van der Waals surface area (Å²) in [6.45, 7) is 0.372. The summed E-state index contributed by atoms with van der Waals surface area (Å²) in [6, 6.07) is 8.56. The predicted molar refractivity (Wildman–Crippen MR) is 68.5 cm³/mol. The lowest BCUT2D eigenvalue weighted by Gasteiger charge is -2.07. The lowest BCUT2D eigenvalue weighted by atomic mass is 10.2. The van der Waals surface area contributed by atoms with Gasteiger partial charge < -0.3 is 9.47 Å². The van der Waals surface area contributed by atoms with Crippen LogP contribution in [-0.4, -0.2) is 30.0 Å². The maximum absolute atomic E-state index is 11.5. The first-order valence-electron chi connectivity index (χ1n) is 5.65. The van der Waals surface area contributed by atoms with Crippen molar-refractivity contribution in [3.63, 3.8) is 0 Å². The molecule has 0 aliphatic heterocycles. The van der Waals surface area contributed by atoms with Gasteiger partial charge >= 0.3 is 5.97 Å². The molecule has 0 aliphatic rings. The van der Waals surface area contributed by atoms with E-state index in [0.29, 0.717) is 6.54 Å². The molecule has 100 valence electrons. The summed E-state index contributed by atoms with van der Waals surface area (Å²) in [6.07, 6.45) is 0. The molecule has 6 heteroatoms. The van der Waals surface area contributed by atoms with E-state index in [-0.39, 0.29) is 11.3 Å². The molecule has 2 rings (SSSR count). The number of nitrogens with one attached hydrogen (secondary N) is 1. The molecule has 1 aromatic heterocycles. The SMILES string of the molecule is COC(=O)c1cc(=O)[nH]n1Cc1ccc(OC)cc1. The second-order valence-electron chi connectivity index (χ2n) is 3.93. The number of benzene rings is 1. The number of esters is 1. The third-order valence-corrected chi connectivity index (χ3v) is 2.70. The molecule has 0 radical (unpaired) electrons. The number of H-pyrrole nitrogens is 1. The first-order chi connectivity index (χ1) is 9.13. The third kappa shape index (κ3) is 2.85. The zero-order valence-electron chi connectivity index (χ0n) is 10.7. The van der Waals surface area contributed by atoms with Crippen LogP contribution in [0, 0.1) is 0 Å². The van der Waals surface area contributed by atoms with Crippen LogP contribution in [0.4, 0.5) is 0 Å². The minimum absolute atomic E-state index is 0.198. The highest BCUT2D eigenvalue weighted by molar-refractivity contribution is 5.87. The second kappa shape index (κ2) is 5.43. The minimum atomic E-state index is -0.549. The predicted octanol–water partition coefficient (Wildman–Crippen LogP) is 1.02. The first-order valence-corrected chi connectivity index (χ1v) is 5.65. The molecule has 0 amide bonds. The van der Waals surface area contributed by atoms with Gasteiger partial charge in [-0.25, -0.2) is 4.79 Å². The van der Waals surface area contributed by atoms with E-state index in [9.17, 15) is 9.59 Å². The van der Waals surface area contributed by atoms with E-state index in [1.165, 1.54) is 17.9 Å². The average Bonchev–Trinajstić information content (AvgIpc) is 2.79. The van der Waals surface area contributed by atoms with E-state index in [0.717, 1.165) is 11.3 Å². The number of ether oxygens (including phenoxy) is 2. The van der Waals surface area contributed by atoms with Crippen LogP contribution in [0.3, 0.4) is 0 Å². The Morgan fingerprint density at radius 2 is 1.95 bits per heavy atom. The van der Waals surface area contributed by atoms with Gasteiger partial charge in [0.1, 0.15) is 11.4 Å². The van der Waals surface area contributed by atoms with Crippen LogP contribution in [0.15, 0.2) is 35.1 Å². The molecular formula is C13H14N2O4. The summed E-state index contributed by atoms with van der Waals surface area (Å²) in [5, 5.41) is 2.57. The zero-order valence-corrected chi connectivity index (χ0v) is 10.7. The smallest absolute Gasteiger partial charge is 0.356 e. The lowest BCUT2D eigenvalue weighted by Crippen LogP contribution is -2.13. The Bertz CT molecular complexity index is 625. The van der Waals surface area contributed by atoms with E-state index in [1.807, 2.05) is 24.3 Å². The first kappa shape index (κ1) is 12.9. The van der Waals surface area contributed by atoms with E-state index in [4.69, 9.17) is 4.74 Å². The highest BCUT2D eigenvalue weighted by Crippen LogP contribution is 2.12. The van der Waals surface area contributed by atoms with Crippen LogP contribution < -0.4 is 10.3 Å². The Morgan fingerprint density at radius 1 is 1.26 bits per heavy atom. The maximum Gasteiger partial charge on any atom is 0.356 e. The molecule has 2 aromatic rings. The van der Waals surface area contributed by atoms with Crippen LogP contribution >= 0.6 is 0 Å². The number of hydrogen-bond donors (Lipinski definition) is 1. The van der Waals surface area contributed by atoms with Gasteiger partial charge in [0.15, 0.2) is 0 Å². The Morgan fingerprint density at radius 3 is 2.53 bits per heavy atom. The molecule has 0 fully saturated rings. The van der Waals surface area contributed by atoms with Crippen molar-refractivity contribution >= 4 is 5.97 Å². The van der Waals surface area contributed by atoms with Gasteiger partial charge in [-0.1, -0.05) is 12.1 Å². The van der Waals surface area contributed by atoms with Gasteiger partial charge in [0, 0.05) is 6.07 Å². The van der Waals surface area contributed by atoms with Gasteiger partial charge in [0.05, 0.1) is 20.8 Å². The normalized spacial score (nSPS) is 10.2. The number of nitrogens with zero attached hydrogens (tertiary/aromatic N) is 1. The van der Waals surface area contributed by atoms with Crippen LogP contribution in [-0.2, 0) is 11.3 Å². The molecule has 1 heterocycles. The molecule has 1 aromatic carbocycles. The largest absolute Gasteiger partial charge is 0.497 e. The molecule has 19 heavy (non-hydrogen) atoms. The van der Waals surface area contributed by atoms with Crippen molar-refractivity contribution in [2.45, 2.75) is 6.54 Å². The van der Waals surface area contributed by atoms with Crippen molar-refractivity contribution in [3.8, 4) is 5.75 Å². The van der Waals surface area contributed by atoms with Crippen LogP contribution in [0.2, 0.25) is 0 Å². The summed E-state index contributed by atoms with van der Waals surface area (Å²) < 4.78 is 11.1. The van der Waals surface area contributed by atoms with Gasteiger partial charge in [0.25, 0.3) is 5.56 Å². The van der Waals surface area contributed by atoms with Crippen molar-refractivity contribution in [2.24, 2.45) is 0 Å². The number of rotatable bonds is 4. The summed E-state index contributed by atoms with van der Waals surface area (Å²) in [7, 11) is 2.87. The number of aromatic nitrogens is 2. The Balaban J connectivity index is 2.27. The molecule has 0 unspecified atom stereocenters. The summed E-state index contributed by atoms with van der Waals surface area (Å²) in [5.41, 5.74) is 0.787. The van der Waals surface area contributed by atoms with E-state index in [2.05, 4.69) is 9.84 Å². The number of carbonyl (C=O) groups is 1. The lowest BCUT2D eigenvalue weighted by molar-refractivity contribution is 0.0587. The van der Waals surface area contributed by atoms with Crippen LogP contribution in [0.1, 0.15) is 16.1 Å². The topological polar surface area (TPSA) is 73.3 Å². The fourth-order valence-corrected chi connectivity index (χ4v) is 1.74. The second-order valence-corrected chi connectivity index (χ2v) is 3.93. The molecule has 6 nitrogen and oxygen atoms in total. The van der Waals surface area contributed by atoms with Crippen molar-refractivity contribution in [3.05, 3.63) is 51.9 Å². The average molecular weight is 262 g/mol. The van der Waals surface area contributed by atoms with Gasteiger partial charge in [-0.05, 0) is 17.7 Å². The highest BCUT2D eigenvalue weighted by atomic mass is 16.5. The van der Waals surface area contributed by atoms with E-state index in [1.54, 1.807) is 7.11 Å². The molecule has 1 N–H and O–H groups in total. The van der Waals surface area contributed by atoms with Crippen molar-refractivity contribution < 1.29 is 14.3 Å². The Labute approximate surface area is 109 Å². The molecule has 0 bridgehead atoms.